The molecule has 0 saturated heterocycles. The molecule has 2 aromatic rings. The van der Waals surface area contributed by atoms with Crippen LogP contribution in [0.1, 0.15) is 11.1 Å². The van der Waals surface area contributed by atoms with E-state index >= 15 is 0 Å². The maximum atomic E-state index is 11.7. The van der Waals surface area contributed by atoms with E-state index in [-0.39, 0.29) is 0 Å². The smallest absolute Gasteiger partial charge is 0.0981 e. The van der Waals surface area contributed by atoms with Crippen molar-refractivity contribution >= 4 is 10.8 Å². The number of hydrogen-bond donors (Lipinski definition) is 0. The Labute approximate surface area is 110 Å². The average Bonchev–Trinajstić information content (AvgIpc) is 2.45. The van der Waals surface area contributed by atoms with E-state index in [1.54, 1.807) is 0 Å². The lowest BCUT2D eigenvalue weighted by Gasteiger charge is -1.96. The summed E-state index contributed by atoms with van der Waals surface area (Å²) in [5, 5.41) is 2.79. The minimum Gasteiger partial charge on any atom is -0.246 e. The van der Waals surface area contributed by atoms with Crippen LogP contribution >= 0.6 is 0 Å². The Kier molecular flexibility index (Phi) is 4.75. The fourth-order valence-corrected chi connectivity index (χ4v) is 2.30. The van der Waals surface area contributed by atoms with Crippen molar-refractivity contribution in [2.75, 3.05) is 5.75 Å². The zero-order valence-electron chi connectivity index (χ0n) is 10.0. The van der Waals surface area contributed by atoms with Crippen LogP contribution in [0.5, 0.6) is 0 Å². The molecule has 18 heavy (non-hydrogen) atoms. The Morgan fingerprint density at radius 3 is 2.17 bits per heavy atom. The molecule has 0 spiro atoms. The van der Waals surface area contributed by atoms with Crippen LogP contribution in [0.25, 0.3) is 0 Å². The molecule has 0 bridgehead atoms. The van der Waals surface area contributed by atoms with E-state index in [1.807, 2.05) is 60.7 Å². The summed E-state index contributed by atoms with van der Waals surface area (Å²) in [7, 11) is -1.08. The third-order valence-electron chi connectivity index (χ3n) is 2.50. The van der Waals surface area contributed by atoms with Crippen LogP contribution in [-0.4, -0.2) is 9.96 Å². The van der Waals surface area contributed by atoms with Crippen molar-refractivity contribution < 1.29 is 4.21 Å². The van der Waals surface area contributed by atoms with Gasteiger partial charge in [-0.1, -0.05) is 54.5 Å². The molecule has 90 valence electrons. The zero-order valence-corrected chi connectivity index (χ0v) is 10.8. The Morgan fingerprint density at radius 2 is 1.50 bits per heavy atom. The first-order valence-electron chi connectivity index (χ1n) is 5.83. The van der Waals surface area contributed by atoms with E-state index in [4.69, 9.17) is 0 Å². The van der Waals surface area contributed by atoms with Gasteiger partial charge in [-0.25, -0.2) is 4.21 Å². The first-order valence-corrected chi connectivity index (χ1v) is 7.15. The number of rotatable bonds is 3. The summed E-state index contributed by atoms with van der Waals surface area (Å²) in [5.41, 5.74) is 2.11. The monoisotopic (exact) mass is 254 g/mol. The van der Waals surface area contributed by atoms with E-state index in [0.717, 1.165) is 12.0 Å². The van der Waals surface area contributed by atoms with Gasteiger partial charge in [-0.15, -0.1) is 0 Å². The van der Waals surface area contributed by atoms with Crippen LogP contribution in [-0.2, 0) is 17.2 Å². The molecule has 0 radical (unpaired) electrons. The molecule has 0 saturated carbocycles. The van der Waals surface area contributed by atoms with Gasteiger partial charge in [-0.05, 0) is 24.1 Å². The highest BCUT2D eigenvalue weighted by Gasteiger charge is 1.96. The molecule has 0 fully saturated rings. The predicted octanol–water partition coefficient (Wildman–Crippen LogP) is 2.99. The molecule has 0 heterocycles. The minimum absolute atomic E-state index is 0.587. The fraction of sp³-hybridized carbons (Fsp3) is 0.125. The van der Waals surface area contributed by atoms with E-state index in [1.165, 1.54) is 5.56 Å². The second-order valence-corrected chi connectivity index (χ2v) is 5.18. The normalized spacial score (nSPS) is 11.3. The van der Waals surface area contributed by atoms with Gasteiger partial charge in [0.15, 0.2) is 0 Å². The van der Waals surface area contributed by atoms with E-state index < -0.39 is 10.8 Å². The second-order valence-electron chi connectivity index (χ2n) is 3.88. The molecule has 2 aromatic carbocycles. The lowest BCUT2D eigenvalue weighted by atomic mass is 10.2. The molecule has 2 rings (SSSR count). The standard InChI is InChI=1S/C16H14OS/c17-18(13-11-15-7-3-1-4-8-15)14-12-16-9-5-2-6-10-16/h1-10H,11,13H2. The van der Waals surface area contributed by atoms with Crippen LogP contribution in [0.2, 0.25) is 0 Å². The van der Waals surface area contributed by atoms with Crippen molar-refractivity contribution in [2.24, 2.45) is 0 Å². The Bertz CT molecular complexity index is 564. The molecule has 0 N–H and O–H groups in total. The lowest BCUT2D eigenvalue weighted by molar-refractivity contribution is 0.688. The van der Waals surface area contributed by atoms with Crippen molar-refractivity contribution in [3.63, 3.8) is 0 Å². The van der Waals surface area contributed by atoms with Gasteiger partial charge in [0.1, 0.15) is 0 Å². The van der Waals surface area contributed by atoms with Gasteiger partial charge in [0.05, 0.1) is 10.8 Å². The van der Waals surface area contributed by atoms with Gasteiger partial charge in [-0.2, -0.15) is 0 Å². The van der Waals surface area contributed by atoms with Crippen molar-refractivity contribution in [3.05, 3.63) is 71.8 Å². The van der Waals surface area contributed by atoms with E-state index in [0.29, 0.717) is 5.75 Å². The quantitative estimate of drug-likeness (QED) is 0.770. The van der Waals surface area contributed by atoms with Gasteiger partial charge in [-0.3, -0.25) is 0 Å². The highest BCUT2D eigenvalue weighted by Crippen LogP contribution is 2.01. The molecule has 1 unspecified atom stereocenters. The summed E-state index contributed by atoms with van der Waals surface area (Å²) >= 11 is 0. The average molecular weight is 254 g/mol. The van der Waals surface area contributed by atoms with Crippen molar-refractivity contribution in [3.8, 4) is 11.2 Å². The Balaban J connectivity index is 1.89. The maximum Gasteiger partial charge on any atom is 0.0981 e. The number of benzene rings is 2. The van der Waals surface area contributed by atoms with Crippen molar-refractivity contribution in [1.29, 1.82) is 0 Å². The number of hydrogen-bond acceptors (Lipinski definition) is 1. The molecule has 0 aliphatic carbocycles. The molecular formula is C16H14OS. The molecule has 1 atom stereocenters. The zero-order chi connectivity index (χ0) is 12.6. The molecule has 0 aliphatic heterocycles. The van der Waals surface area contributed by atoms with Crippen LogP contribution in [0, 0.1) is 11.2 Å². The maximum absolute atomic E-state index is 11.7. The van der Waals surface area contributed by atoms with Crippen LogP contribution in [0.4, 0.5) is 0 Å². The molecule has 2 heteroatoms. The van der Waals surface area contributed by atoms with Crippen molar-refractivity contribution in [2.45, 2.75) is 6.42 Å². The largest absolute Gasteiger partial charge is 0.246 e. The highest BCUT2D eigenvalue weighted by molar-refractivity contribution is 7.89. The Hall–Kier alpha value is -1.85. The second kappa shape index (κ2) is 6.78. The topological polar surface area (TPSA) is 17.1 Å². The fourth-order valence-electron chi connectivity index (χ4n) is 1.54. The summed E-state index contributed by atoms with van der Waals surface area (Å²) in [5.74, 6) is 3.52. The summed E-state index contributed by atoms with van der Waals surface area (Å²) in [6.45, 7) is 0. The summed E-state index contributed by atoms with van der Waals surface area (Å²) in [4.78, 5) is 0. The summed E-state index contributed by atoms with van der Waals surface area (Å²) in [6.07, 6.45) is 0.803. The van der Waals surface area contributed by atoms with E-state index in [2.05, 4.69) is 11.2 Å². The summed E-state index contributed by atoms with van der Waals surface area (Å²) in [6, 6.07) is 19.7. The first kappa shape index (κ1) is 12.6. The Morgan fingerprint density at radius 1 is 0.889 bits per heavy atom. The molecule has 1 nitrogen and oxygen atoms in total. The molecule has 0 aromatic heterocycles. The lowest BCUT2D eigenvalue weighted by Crippen LogP contribution is -1.98. The first-order chi connectivity index (χ1) is 8.84. The van der Waals surface area contributed by atoms with E-state index in [9.17, 15) is 4.21 Å². The molecular weight excluding hydrogens is 240 g/mol. The molecule has 0 amide bonds. The minimum atomic E-state index is -1.08. The predicted molar refractivity (Wildman–Crippen MR) is 76.5 cm³/mol. The van der Waals surface area contributed by atoms with Gasteiger partial charge < -0.3 is 0 Å². The van der Waals surface area contributed by atoms with Gasteiger partial charge in [0.25, 0.3) is 0 Å². The highest BCUT2D eigenvalue weighted by atomic mass is 32.2. The van der Waals surface area contributed by atoms with Crippen molar-refractivity contribution in [1.82, 2.24) is 0 Å². The number of aryl methyl sites for hydroxylation is 1. The summed E-state index contributed by atoms with van der Waals surface area (Å²) < 4.78 is 11.7. The third kappa shape index (κ3) is 4.20. The molecule has 0 aliphatic rings. The van der Waals surface area contributed by atoms with Gasteiger partial charge in [0, 0.05) is 16.6 Å². The SMILES string of the molecule is O=S(C#Cc1ccccc1)CCc1ccccc1. The third-order valence-corrected chi connectivity index (χ3v) is 3.41. The van der Waals surface area contributed by atoms with Crippen LogP contribution in [0.15, 0.2) is 60.7 Å². The van der Waals surface area contributed by atoms with Crippen LogP contribution < -0.4 is 0 Å². The van der Waals surface area contributed by atoms with Gasteiger partial charge >= 0.3 is 0 Å². The van der Waals surface area contributed by atoms with Crippen LogP contribution in [0.3, 0.4) is 0 Å². The van der Waals surface area contributed by atoms with Gasteiger partial charge in [0.2, 0.25) is 0 Å².